The number of carbonyl (C=O) groups is 2. The van der Waals surface area contributed by atoms with Crippen molar-refractivity contribution < 1.29 is 19.6 Å². The number of amides is 1. The van der Waals surface area contributed by atoms with Gasteiger partial charge in [0.05, 0.1) is 18.0 Å². The molecule has 0 saturated heterocycles. The largest absolute Gasteiger partial charge is 0.480 e. The van der Waals surface area contributed by atoms with Crippen molar-refractivity contribution in [1.29, 1.82) is 0 Å². The molecule has 8 nitrogen and oxygen atoms in total. The molecule has 1 rings (SSSR count). The average Bonchev–Trinajstić information content (AvgIpc) is 2.37. The van der Waals surface area contributed by atoms with Gasteiger partial charge >= 0.3 is 5.97 Å². The number of nitro benzene ring substituents is 1. The van der Waals surface area contributed by atoms with Gasteiger partial charge in [-0.3, -0.25) is 24.6 Å². The van der Waals surface area contributed by atoms with Crippen molar-refractivity contribution >= 4 is 23.3 Å². The zero-order chi connectivity index (χ0) is 15.1. The number of hydrogen-bond donors (Lipinski definition) is 2. The Labute approximate surface area is 115 Å². The SMILES string of the molecule is CCN(CC(=O)O)CC(=O)Nc1ccc([N+](=O)[O-])cc1. The zero-order valence-electron chi connectivity index (χ0n) is 10.9. The Balaban J connectivity index is 2.57. The van der Waals surface area contributed by atoms with Crippen molar-refractivity contribution in [3.05, 3.63) is 34.4 Å². The van der Waals surface area contributed by atoms with Crippen LogP contribution in [0.25, 0.3) is 0 Å². The van der Waals surface area contributed by atoms with Crippen LogP contribution < -0.4 is 5.32 Å². The lowest BCUT2D eigenvalue weighted by Crippen LogP contribution is -2.36. The Bertz CT molecular complexity index is 500. The maximum Gasteiger partial charge on any atom is 0.317 e. The van der Waals surface area contributed by atoms with Crippen LogP contribution in [0.1, 0.15) is 6.92 Å². The third-order valence-corrected chi connectivity index (χ3v) is 2.54. The fourth-order valence-electron chi connectivity index (χ4n) is 1.54. The molecule has 0 radical (unpaired) electrons. The van der Waals surface area contributed by atoms with Crippen LogP contribution in [0, 0.1) is 10.1 Å². The third-order valence-electron chi connectivity index (χ3n) is 2.54. The predicted molar refractivity (Wildman–Crippen MR) is 71.5 cm³/mol. The highest BCUT2D eigenvalue weighted by Crippen LogP contribution is 2.15. The number of anilines is 1. The van der Waals surface area contributed by atoms with E-state index >= 15 is 0 Å². The maximum absolute atomic E-state index is 11.7. The second kappa shape index (κ2) is 7.19. The molecule has 0 aliphatic rings. The van der Waals surface area contributed by atoms with E-state index in [1.807, 2.05) is 0 Å². The molecule has 1 amide bonds. The summed E-state index contributed by atoms with van der Waals surface area (Å²) in [5.74, 6) is -1.38. The summed E-state index contributed by atoms with van der Waals surface area (Å²) in [6.45, 7) is 1.91. The number of carboxylic acids is 1. The van der Waals surface area contributed by atoms with E-state index in [4.69, 9.17) is 5.11 Å². The monoisotopic (exact) mass is 281 g/mol. The molecule has 0 bridgehead atoms. The molecule has 0 aliphatic carbocycles. The Morgan fingerprint density at radius 1 is 1.30 bits per heavy atom. The number of likely N-dealkylation sites (N-methyl/N-ethyl adjacent to an activating group) is 1. The number of carboxylic acid groups (broad SMARTS) is 1. The molecule has 20 heavy (non-hydrogen) atoms. The Hall–Kier alpha value is -2.48. The van der Waals surface area contributed by atoms with E-state index in [0.717, 1.165) is 0 Å². The van der Waals surface area contributed by atoms with Gasteiger partial charge in [0, 0.05) is 17.8 Å². The van der Waals surface area contributed by atoms with Gasteiger partial charge < -0.3 is 10.4 Å². The van der Waals surface area contributed by atoms with Crippen molar-refractivity contribution in [2.45, 2.75) is 6.92 Å². The van der Waals surface area contributed by atoms with Gasteiger partial charge in [0.2, 0.25) is 5.91 Å². The summed E-state index contributed by atoms with van der Waals surface area (Å²) >= 11 is 0. The maximum atomic E-state index is 11.7. The molecule has 1 aromatic rings. The van der Waals surface area contributed by atoms with Crippen LogP contribution in [0.4, 0.5) is 11.4 Å². The smallest absolute Gasteiger partial charge is 0.317 e. The first-order chi connectivity index (χ1) is 9.42. The number of hydrogen-bond acceptors (Lipinski definition) is 5. The summed E-state index contributed by atoms with van der Waals surface area (Å²) in [5, 5.41) is 21.7. The second-order valence-electron chi connectivity index (χ2n) is 4.05. The summed E-state index contributed by atoms with van der Waals surface area (Å²) in [6, 6.07) is 5.40. The Morgan fingerprint density at radius 3 is 2.35 bits per heavy atom. The van der Waals surface area contributed by atoms with E-state index in [2.05, 4.69) is 5.32 Å². The van der Waals surface area contributed by atoms with Gasteiger partial charge in [-0.25, -0.2) is 0 Å². The zero-order valence-corrected chi connectivity index (χ0v) is 10.9. The van der Waals surface area contributed by atoms with Gasteiger partial charge in [-0.2, -0.15) is 0 Å². The van der Waals surface area contributed by atoms with Crippen LogP contribution in [0.15, 0.2) is 24.3 Å². The number of rotatable bonds is 7. The van der Waals surface area contributed by atoms with Gasteiger partial charge in [-0.05, 0) is 18.7 Å². The second-order valence-corrected chi connectivity index (χ2v) is 4.05. The molecule has 2 N–H and O–H groups in total. The molecular weight excluding hydrogens is 266 g/mol. The van der Waals surface area contributed by atoms with Crippen molar-refractivity contribution in [3.8, 4) is 0 Å². The van der Waals surface area contributed by atoms with Crippen LogP contribution >= 0.6 is 0 Å². The third kappa shape index (κ3) is 5.02. The van der Waals surface area contributed by atoms with Crippen LogP contribution in [0.3, 0.4) is 0 Å². The van der Waals surface area contributed by atoms with Crippen molar-refractivity contribution in [2.24, 2.45) is 0 Å². The van der Waals surface area contributed by atoms with Crippen molar-refractivity contribution in [3.63, 3.8) is 0 Å². The first kappa shape index (κ1) is 15.6. The van der Waals surface area contributed by atoms with E-state index in [9.17, 15) is 19.7 Å². The van der Waals surface area contributed by atoms with E-state index in [0.29, 0.717) is 12.2 Å². The number of nitro groups is 1. The predicted octanol–water partition coefficient (Wildman–Crippen LogP) is 0.940. The molecule has 8 heteroatoms. The first-order valence-electron chi connectivity index (χ1n) is 5.90. The lowest BCUT2D eigenvalue weighted by atomic mass is 10.3. The van der Waals surface area contributed by atoms with Gasteiger partial charge in [0.25, 0.3) is 5.69 Å². The van der Waals surface area contributed by atoms with Crippen LogP contribution in [-0.4, -0.2) is 46.4 Å². The molecule has 0 heterocycles. The number of nitrogens with zero attached hydrogens (tertiary/aromatic N) is 2. The summed E-state index contributed by atoms with van der Waals surface area (Å²) < 4.78 is 0. The van der Waals surface area contributed by atoms with E-state index in [1.165, 1.54) is 29.2 Å². The van der Waals surface area contributed by atoms with Crippen LogP contribution in [0.5, 0.6) is 0 Å². The van der Waals surface area contributed by atoms with Gasteiger partial charge in [-0.1, -0.05) is 6.92 Å². The van der Waals surface area contributed by atoms with Crippen LogP contribution in [0.2, 0.25) is 0 Å². The number of non-ortho nitro benzene ring substituents is 1. The lowest BCUT2D eigenvalue weighted by molar-refractivity contribution is -0.384. The Kier molecular flexibility index (Phi) is 5.60. The van der Waals surface area contributed by atoms with Crippen molar-refractivity contribution in [1.82, 2.24) is 4.90 Å². The molecule has 0 aromatic heterocycles. The highest BCUT2D eigenvalue weighted by molar-refractivity contribution is 5.92. The Morgan fingerprint density at radius 2 is 1.90 bits per heavy atom. The molecule has 0 fully saturated rings. The fourth-order valence-corrected chi connectivity index (χ4v) is 1.54. The molecule has 0 unspecified atom stereocenters. The van der Waals surface area contributed by atoms with E-state index in [1.54, 1.807) is 6.92 Å². The summed E-state index contributed by atoms with van der Waals surface area (Å²) in [4.78, 5) is 33.7. The minimum absolute atomic E-state index is 0.0558. The van der Waals surface area contributed by atoms with Gasteiger partial charge in [0.1, 0.15) is 0 Å². The molecule has 0 atom stereocenters. The summed E-state index contributed by atoms with van der Waals surface area (Å²) in [7, 11) is 0. The number of aliphatic carboxylic acids is 1. The van der Waals surface area contributed by atoms with E-state index < -0.39 is 10.9 Å². The normalized spacial score (nSPS) is 10.3. The standard InChI is InChI=1S/C12H15N3O5/c1-2-14(8-12(17)18)7-11(16)13-9-3-5-10(6-4-9)15(19)20/h3-6H,2,7-8H2,1H3,(H,13,16)(H,17,18). The summed E-state index contributed by atoms with van der Waals surface area (Å²) in [6.07, 6.45) is 0. The molecule has 0 saturated carbocycles. The topological polar surface area (TPSA) is 113 Å². The van der Waals surface area contributed by atoms with Gasteiger partial charge in [0.15, 0.2) is 0 Å². The molecular formula is C12H15N3O5. The molecule has 0 spiro atoms. The average molecular weight is 281 g/mol. The minimum Gasteiger partial charge on any atom is -0.480 e. The summed E-state index contributed by atoms with van der Waals surface area (Å²) in [5.41, 5.74) is 0.357. The van der Waals surface area contributed by atoms with Gasteiger partial charge in [-0.15, -0.1) is 0 Å². The van der Waals surface area contributed by atoms with Crippen molar-refractivity contribution in [2.75, 3.05) is 25.0 Å². The first-order valence-corrected chi connectivity index (χ1v) is 5.90. The molecule has 1 aromatic carbocycles. The number of nitrogens with one attached hydrogen (secondary N) is 1. The minimum atomic E-state index is -1.00. The quantitative estimate of drug-likeness (QED) is 0.568. The fraction of sp³-hybridized carbons (Fsp3) is 0.333. The number of benzene rings is 1. The molecule has 0 aliphatic heterocycles. The highest BCUT2D eigenvalue weighted by atomic mass is 16.6. The highest BCUT2D eigenvalue weighted by Gasteiger charge is 2.12. The molecule has 108 valence electrons. The number of carbonyl (C=O) groups excluding carboxylic acids is 1. The van der Waals surface area contributed by atoms with Crippen LogP contribution in [-0.2, 0) is 9.59 Å². The lowest BCUT2D eigenvalue weighted by Gasteiger charge is -2.17. The van der Waals surface area contributed by atoms with E-state index in [-0.39, 0.29) is 24.7 Å².